The highest BCUT2D eigenvalue weighted by Crippen LogP contribution is 2.17. The summed E-state index contributed by atoms with van der Waals surface area (Å²) in [5.74, 6) is 1.39. The molecular weight excluding hydrogens is 300 g/mol. The van der Waals surface area contributed by atoms with E-state index in [1.54, 1.807) is 0 Å². The third kappa shape index (κ3) is 3.96. The number of H-pyrrole nitrogens is 1. The largest absolute Gasteiger partial charge is 0.344 e. The Labute approximate surface area is 143 Å². The molecule has 0 bridgehead atoms. The Bertz CT molecular complexity index is 680. The Morgan fingerprint density at radius 1 is 1.38 bits per heavy atom. The number of urea groups is 1. The molecule has 0 radical (unpaired) electrons. The lowest BCUT2D eigenvalue weighted by Gasteiger charge is -2.27. The predicted octanol–water partition coefficient (Wildman–Crippen LogP) is 3.05. The number of amides is 2. The number of fused-ring (bicyclic) bond motifs is 1. The summed E-state index contributed by atoms with van der Waals surface area (Å²) in [6.07, 6.45) is 2.88. The molecule has 2 amide bonds. The van der Waals surface area contributed by atoms with E-state index in [2.05, 4.69) is 46.5 Å². The number of hydrogen-bond donors (Lipinski definition) is 2. The molecule has 1 aromatic heterocycles. The molecule has 0 saturated heterocycles. The van der Waals surface area contributed by atoms with Gasteiger partial charge < -0.3 is 15.2 Å². The van der Waals surface area contributed by atoms with E-state index in [0.717, 1.165) is 49.6 Å². The number of hydrogen-bond acceptors (Lipinski definition) is 2. The van der Waals surface area contributed by atoms with E-state index >= 15 is 0 Å². The fourth-order valence-electron chi connectivity index (χ4n) is 3.26. The van der Waals surface area contributed by atoms with Gasteiger partial charge in [-0.1, -0.05) is 43.7 Å². The van der Waals surface area contributed by atoms with Gasteiger partial charge in [-0.05, 0) is 24.8 Å². The van der Waals surface area contributed by atoms with Crippen LogP contribution in [0.25, 0.3) is 0 Å². The Hall–Kier alpha value is -2.30. The van der Waals surface area contributed by atoms with E-state index in [9.17, 15) is 4.79 Å². The van der Waals surface area contributed by atoms with Crippen LogP contribution in [0.2, 0.25) is 0 Å². The zero-order valence-corrected chi connectivity index (χ0v) is 14.5. The fourth-order valence-corrected chi connectivity index (χ4v) is 3.26. The number of aromatic nitrogens is 2. The Morgan fingerprint density at radius 3 is 2.92 bits per heavy atom. The highest BCUT2D eigenvalue weighted by atomic mass is 16.2. The third-order valence-electron chi connectivity index (χ3n) is 4.72. The molecule has 2 aromatic rings. The SMILES string of the molecule is CCC(CNC(=O)N1CCc2nc(C)[nH]c2C1)Cc1ccccc1. The highest BCUT2D eigenvalue weighted by molar-refractivity contribution is 5.74. The maximum Gasteiger partial charge on any atom is 0.317 e. The first-order valence-corrected chi connectivity index (χ1v) is 8.76. The molecule has 2 heterocycles. The molecule has 0 saturated carbocycles. The van der Waals surface area contributed by atoms with E-state index in [4.69, 9.17) is 0 Å². The van der Waals surface area contributed by atoms with Crippen LogP contribution in [0, 0.1) is 12.8 Å². The Balaban J connectivity index is 1.51. The summed E-state index contributed by atoms with van der Waals surface area (Å²) in [5, 5.41) is 3.11. The van der Waals surface area contributed by atoms with Gasteiger partial charge in [0.05, 0.1) is 17.9 Å². The molecule has 1 aromatic carbocycles. The minimum absolute atomic E-state index is 0.0272. The van der Waals surface area contributed by atoms with E-state index in [1.807, 2.05) is 17.9 Å². The van der Waals surface area contributed by atoms with Gasteiger partial charge in [-0.2, -0.15) is 0 Å². The standard InChI is InChI=1S/C19H26N4O/c1-3-15(11-16-7-5-4-6-8-16)12-20-19(24)23-10-9-17-18(13-23)22-14(2)21-17/h4-8,15H,3,9-13H2,1-2H3,(H,20,24)(H,21,22). The lowest BCUT2D eigenvalue weighted by atomic mass is 9.97. The molecule has 5 heteroatoms. The molecule has 0 fully saturated rings. The van der Waals surface area contributed by atoms with Gasteiger partial charge in [0.1, 0.15) is 5.82 Å². The van der Waals surface area contributed by atoms with Crippen molar-refractivity contribution in [2.45, 2.75) is 39.7 Å². The summed E-state index contributed by atoms with van der Waals surface area (Å²) >= 11 is 0. The average Bonchev–Trinajstić information content (AvgIpc) is 2.98. The first-order valence-electron chi connectivity index (χ1n) is 8.76. The van der Waals surface area contributed by atoms with Crippen molar-refractivity contribution < 1.29 is 4.79 Å². The molecule has 1 atom stereocenters. The van der Waals surface area contributed by atoms with Gasteiger partial charge in [0.2, 0.25) is 0 Å². The number of rotatable bonds is 5. The maximum absolute atomic E-state index is 12.5. The molecule has 0 aliphatic carbocycles. The number of nitrogens with zero attached hydrogens (tertiary/aromatic N) is 2. The molecule has 2 N–H and O–H groups in total. The van der Waals surface area contributed by atoms with Crippen molar-refractivity contribution in [3.63, 3.8) is 0 Å². The van der Waals surface area contributed by atoms with Crippen molar-refractivity contribution in [3.05, 3.63) is 53.1 Å². The number of carbonyl (C=O) groups is 1. The summed E-state index contributed by atoms with van der Waals surface area (Å²) in [6.45, 7) is 6.21. The van der Waals surface area contributed by atoms with E-state index in [-0.39, 0.29) is 6.03 Å². The molecule has 3 rings (SSSR count). The van der Waals surface area contributed by atoms with Crippen LogP contribution in [0.3, 0.4) is 0 Å². The van der Waals surface area contributed by atoms with Crippen LogP contribution < -0.4 is 5.32 Å². The second kappa shape index (κ2) is 7.51. The van der Waals surface area contributed by atoms with Crippen molar-refractivity contribution in [3.8, 4) is 0 Å². The molecule has 128 valence electrons. The topological polar surface area (TPSA) is 61.0 Å². The van der Waals surface area contributed by atoms with Gasteiger partial charge in [0.25, 0.3) is 0 Å². The third-order valence-corrected chi connectivity index (χ3v) is 4.72. The van der Waals surface area contributed by atoms with Crippen LogP contribution in [0.4, 0.5) is 4.79 Å². The van der Waals surface area contributed by atoms with Crippen LogP contribution in [-0.2, 0) is 19.4 Å². The van der Waals surface area contributed by atoms with E-state index in [1.165, 1.54) is 5.56 Å². The van der Waals surface area contributed by atoms with E-state index < -0.39 is 0 Å². The van der Waals surface area contributed by atoms with Gasteiger partial charge in [0, 0.05) is 19.5 Å². The minimum atomic E-state index is 0.0272. The highest BCUT2D eigenvalue weighted by Gasteiger charge is 2.23. The second-order valence-electron chi connectivity index (χ2n) is 6.57. The summed E-state index contributed by atoms with van der Waals surface area (Å²) in [4.78, 5) is 22.1. The first-order chi connectivity index (χ1) is 11.7. The Kier molecular flexibility index (Phi) is 5.18. The van der Waals surface area contributed by atoms with Gasteiger partial charge >= 0.3 is 6.03 Å². The lowest BCUT2D eigenvalue weighted by Crippen LogP contribution is -2.44. The van der Waals surface area contributed by atoms with Crippen molar-refractivity contribution in [2.24, 2.45) is 5.92 Å². The second-order valence-corrected chi connectivity index (χ2v) is 6.57. The van der Waals surface area contributed by atoms with Gasteiger partial charge in [-0.3, -0.25) is 0 Å². The van der Waals surface area contributed by atoms with Crippen LogP contribution in [0.15, 0.2) is 30.3 Å². The first kappa shape index (κ1) is 16.6. The molecule has 24 heavy (non-hydrogen) atoms. The number of carbonyl (C=O) groups excluding carboxylic acids is 1. The predicted molar refractivity (Wildman–Crippen MR) is 94.8 cm³/mol. The minimum Gasteiger partial charge on any atom is -0.344 e. The molecule has 0 spiro atoms. The van der Waals surface area contributed by atoms with Crippen molar-refractivity contribution in [1.29, 1.82) is 0 Å². The zero-order chi connectivity index (χ0) is 16.9. The van der Waals surface area contributed by atoms with Gasteiger partial charge in [0.15, 0.2) is 0 Å². The summed E-state index contributed by atoms with van der Waals surface area (Å²) in [5.41, 5.74) is 3.51. The number of aromatic amines is 1. The summed E-state index contributed by atoms with van der Waals surface area (Å²) in [6, 6.07) is 10.5. The number of aryl methyl sites for hydroxylation is 1. The molecular formula is C19H26N4O. The van der Waals surface area contributed by atoms with Crippen molar-refractivity contribution in [1.82, 2.24) is 20.2 Å². The summed E-state index contributed by atoms with van der Waals surface area (Å²) in [7, 11) is 0. The molecule has 1 unspecified atom stereocenters. The van der Waals surface area contributed by atoms with Gasteiger partial charge in [-0.15, -0.1) is 0 Å². The summed E-state index contributed by atoms with van der Waals surface area (Å²) < 4.78 is 0. The van der Waals surface area contributed by atoms with Crippen LogP contribution in [0.5, 0.6) is 0 Å². The Morgan fingerprint density at radius 2 is 2.17 bits per heavy atom. The van der Waals surface area contributed by atoms with Crippen molar-refractivity contribution in [2.75, 3.05) is 13.1 Å². The number of nitrogens with one attached hydrogen (secondary N) is 2. The van der Waals surface area contributed by atoms with Gasteiger partial charge in [-0.25, -0.2) is 9.78 Å². The quantitative estimate of drug-likeness (QED) is 0.887. The monoisotopic (exact) mass is 326 g/mol. The number of benzene rings is 1. The van der Waals surface area contributed by atoms with Crippen LogP contribution >= 0.6 is 0 Å². The number of imidazole rings is 1. The van der Waals surface area contributed by atoms with Crippen LogP contribution in [0.1, 0.15) is 36.1 Å². The van der Waals surface area contributed by atoms with Crippen LogP contribution in [-0.4, -0.2) is 34.0 Å². The lowest BCUT2D eigenvalue weighted by molar-refractivity contribution is 0.189. The average molecular weight is 326 g/mol. The smallest absolute Gasteiger partial charge is 0.317 e. The molecule has 1 aliphatic rings. The van der Waals surface area contributed by atoms with E-state index in [0.29, 0.717) is 12.5 Å². The zero-order valence-electron chi connectivity index (χ0n) is 14.5. The maximum atomic E-state index is 12.5. The molecule has 5 nitrogen and oxygen atoms in total. The normalized spacial score (nSPS) is 15.0. The molecule has 1 aliphatic heterocycles. The fraction of sp³-hybridized carbons (Fsp3) is 0.474. The van der Waals surface area contributed by atoms with Crippen molar-refractivity contribution >= 4 is 6.03 Å².